The lowest BCUT2D eigenvalue weighted by Gasteiger charge is -2.16. The number of carbonyl (C=O) groups excluding carboxylic acids is 1. The van der Waals surface area contributed by atoms with E-state index in [1.807, 2.05) is 13.8 Å². The predicted octanol–water partition coefficient (Wildman–Crippen LogP) is 0.924. The van der Waals surface area contributed by atoms with Crippen LogP contribution >= 0.6 is 0 Å². The van der Waals surface area contributed by atoms with Gasteiger partial charge >= 0.3 is 5.97 Å². The molecule has 1 unspecified atom stereocenters. The molecule has 7 heteroatoms. The van der Waals surface area contributed by atoms with Crippen LogP contribution in [0, 0.1) is 5.92 Å². The summed E-state index contributed by atoms with van der Waals surface area (Å²) in [7, 11) is 0. The van der Waals surface area contributed by atoms with E-state index in [1.165, 1.54) is 16.8 Å². The highest BCUT2D eigenvalue weighted by Gasteiger charge is 2.23. The van der Waals surface area contributed by atoms with E-state index in [0.717, 1.165) is 0 Å². The zero-order chi connectivity index (χ0) is 16.3. The van der Waals surface area contributed by atoms with Gasteiger partial charge in [0.05, 0.1) is 0 Å². The summed E-state index contributed by atoms with van der Waals surface area (Å²) < 4.78 is 1.24. The molecule has 0 spiro atoms. The van der Waals surface area contributed by atoms with Crippen LogP contribution in [-0.4, -0.2) is 32.4 Å². The van der Waals surface area contributed by atoms with E-state index in [0.29, 0.717) is 5.65 Å². The van der Waals surface area contributed by atoms with Gasteiger partial charge in [-0.2, -0.15) is 0 Å². The van der Waals surface area contributed by atoms with Crippen molar-refractivity contribution in [3.05, 3.63) is 46.5 Å². The van der Waals surface area contributed by atoms with E-state index in [4.69, 9.17) is 5.11 Å². The van der Waals surface area contributed by atoms with Crippen molar-refractivity contribution in [2.24, 2.45) is 5.92 Å². The van der Waals surface area contributed by atoms with Crippen molar-refractivity contribution in [2.75, 3.05) is 0 Å². The van der Waals surface area contributed by atoms with E-state index in [1.54, 1.807) is 18.2 Å². The molecule has 2 heterocycles. The molecular formula is C15H17N3O4. The van der Waals surface area contributed by atoms with Crippen LogP contribution in [0.15, 0.2) is 35.4 Å². The standard InChI is InChI=1S/C15H17N3O4/c1-9(2)7-11(15(21)22)17-13(19)10-8-16-12-5-3-4-6-18(12)14(10)20/h3-6,8-9,11H,7H2,1-2H3,(H,17,19)(H,21,22). The molecule has 0 aliphatic carbocycles. The summed E-state index contributed by atoms with van der Waals surface area (Å²) in [6.07, 6.45) is 2.95. The number of aliphatic carboxylic acids is 1. The largest absolute Gasteiger partial charge is 0.480 e. The highest BCUT2D eigenvalue weighted by molar-refractivity contribution is 5.96. The third kappa shape index (κ3) is 3.30. The van der Waals surface area contributed by atoms with Crippen molar-refractivity contribution >= 4 is 17.5 Å². The number of fused-ring (bicyclic) bond motifs is 1. The summed E-state index contributed by atoms with van der Waals surface area (Å²) >= 11 is 0. The lowest BCUT2D eigenvalue weighted by molar-refractivity contribution is -0.139. The topological polar surface area (TPSA) is 101 Å². The van der Waals surface area contributed by atoms with E-state index in [2.05, 4.69) is 10.3 Å². The number of hydrogen-bond donors (Lipinski definition) is 2. The molecule has 2 aromatic heterocycles. The molecular weight excluding hydrogens is 286 g/mol. The Hall–Kier alpha value is -2.70. The first-order valence-corrected chi connectivity index (χ1v) is 6.90. The molecule has 0 fully saturated rings. The van der Waals surface area contributed by atoms with E-state index >= 15 is 0 Å². The number of aromatic nitrogens is 2. The first-order chi connectivity index (χ1) is 10.4. The second-order valence-electron chi connectivity index (χ2n) is 5.40. The Morgan fingerprint density at radius 1 is 1.36 bits per heavy atom. The molecule has 116 valence electrons. The summed E-state index contributed by atoms with van der Waals surface area (Å²) in [6, 6.07) is 3.98. The molecule has 0 saturated heterocycles. The van der Waals surface area contributed by atoms with Gasteiger partial charge in [0.15, 0.2) is 0 Å². The SMILES string of the molecule is CC(C)CC(NC(=O)c1cnc2ccccn2c1=O)C(=O)O. The zero-order valence-corrected chi connectivity index (χ0v) is 12.3. The third-order valence-corrected chi connectivity index (χ3v) is 3.17. The summed E-state index contributed by atoms with van der Waals surface area (Å²) in [5.41, 5.74) is -0.295. The smallest absolute Gasteiger partial charge is 0.326 e. The highest BCUT2D eigenvalue weighted by atomic mass is 16.4. The minimum Gasteiger partial charge on any atom is -0.480 e. The second kappa shape index (κ2) is 6.38. The van der Waals surface area contributed by atoms with Crippen molar-refractivity contribution in [1.29, 1.82) is 0 Å². The van der Waals surface area contributed by atoms with Crippen molar-refractivity contribution in [1.82, 2.24) is 14.7 Å². The van der Waals surface area contributed by atoms with Crippen molar-refractivity contribution in [3.63, 3.8) is 0 Å². The van der Waals surface area contributed by atoms with Crippen LogP contribution in [0.4, 0.5) is 0 Å². The second-order valence-corrected chi connectivity index (χ2v) is 5.40. The number of nitrogens with zero attached hydrogens (tertiary/aromatic N) is 2. The normalized spacial score (nSPS) is 12.3. The molecule has 0 aliphatic rings. The van der Waals surface area contributed by atoms with Gasteiger partial charge in [0.2, 0.25) is 0 Å². The molecule has 2 N–H and O–H groups in total. The van der Waals surface area contributed by atoms with Gasteiger partial charge in [0.1, 0.15) is 17.3 Å². The summed E-state index contributed by atoms with van der Waals surface area (Å²) in [4.78, 5) is 39.7. The predicted molar refractivity (Wildman–Crippen MR) is 79.8 cm³/mol. The van der Waals surface area contributed by atoms with Gasteiger partial charge in [0.25, 0.3) is 11.5 Å². The number of rotatable bonds is 5. The van der Waals surface area contributed by atoms with Crippen molar-refractivity contribution < 1.29 is 14.7 Å². The molecule has 0 saturated carbocycles. The molecule has 2 aromatic rings. The summed E-state index contributed by atoms with van der Waals surface area (Å²) in [6.45, 7) is 3.71. The number of carboxylic acid groups (broad SMARTS) is 1. The minimum atomic E-state index is -1.13. The van der Waals surface area contributed by atoms with Crippen LogP contribution in [0.3, 0.4) is 0 Å². The van der Waals surface area contributed by atoms with Gasteiger partial charge in [-0.1, -0.05) is 19.9 Å². The molecule has 2 rings (SSSR count). The fourth-order valence-electron chi connectivity index (χ4n) is 2.11. The van der Waals surface area contributed by atoms with Crippen LogP contribution < -0.4 is 10.9 Å². The summed E-state index contributed by atoms with van der Waals surface area (Å²) in [5, 5.41) is 11.5. The Labute approximate surface area is 126 Å². The Kier molecular flexibility index (Phi) is 4.55. The first kappa shape index (κ1) is 15.7. The monoisotopic (exact) mass is 303 g/mol. The molecule has 0 bridgehead atoms. The van der Waals surface area contributed by atoms with Crippen LogP contribution in [0.2, 0.25) is 0 Å². The first-order valence-electron chi connectivity index (χ1n) is 6.90. The molecule has 0 aromatic carbocycles. The number of amides is 1. The van der Waals surface area contributed by atoms with Gasteiger partial charge in [-0.3, -0.25) is 14.0 Å². The van der Waals surface area contributed by atoms with Gasteiger partial charge in [-0.25, -0.2) is 9.78 Å². The summed E-state index contributed by atoms with van der Waals surface area (Å²) in [5.74, 6) is -1.77. The maximum absolute atomic E-state index is 12.3. The third-order valence-electron chi connectivity index (χ3n) is 3.17. The Morgan fingerprint density at radius 3 is 2.73 bits per heavy atom. The fourth-order valence-corrected chi connectivity index (χ4v) is 2.11. The number of pyridine rings is 1. The quantitative estimate of drug-likeness (QED) is 0.855. The van der Waals surface area contributed by atoms with E-state index in [-0.39, 0.29) is 17.9 Å². The molecule has 22 heavy (non-hydrogen) atoms. The van der Waals surface area contributed by atoms with Gasteiger partial charge in [-0.15, -0.1) is 0 Å². The minimum absolute atomic E-state index is 0.0947. The van der Waals surface area contributed by atoms with Crippen molar-refractivity contribution in [3.8, 4) is 0 Å². The van der Waals surface area contributed by atoms with Gasteiger partial charge in [-0.05, 0) is 24.5 Å². The molecule has 0 radical (unpaired) electrons. The van der Waals surface area contributed by atoms with Crippen LogP contribution in [0.5, 0.6) is 0 Å². The molecule has 1 amide bonds. The maximum atomic E-state index is 12.3. The number of nitrogens with one attached hydrogen (secondary N) is 1. The van der Waals surface area contributed by atoms with E-state index < -0.39 is 23.5 Å². The molecule has 0 aliphatic heterocycles. The number of carbonyl (C=O) groups is 2. The Balaban J connectivity index is 2.31. The van der Waals surface area contributed by atoms with E-state index in [9.17, 15) is 14.4 Å². The van der Waals surface area contributed by atoms with Gasteiger partial charge in [0, 0.05) is 12.4 Å². The zero-order valence-electron chi connectivity index (χ0n) is 12.3. The van der Waals surface area contributed by atoms with Gasteiger partial charge < -0.3 is 10.4 Å². The lowest BCUT2D eigenvalue weighted by Crippen LogP contribution is -2.43. The lowest BCUT2D eigenvalue weighted by atomic mass is 10.0. The van der Waals surface area contributed by atoms with Crippen molar-refractivity contribution in [2.45, 2.75) is 26.3 Å². The molecule has 1 atom stereocenters. The number of carboxylic acids is 1. The number of hydrogen-bond acceptors (Lipinski definition) is 4. The maximum Gasteiger partial charge on any atom is 0.326 e. The Bertz CT molecular complexity index is 767. The van der Waals surface area contributed by atoms with Crippen LogP contribution in [0.25, 0.3) is 5.65 Å². The molecule has 7 nitrogen and oxygen atoms in total. The fraction of sp³-hybridized carbons (Fsp3) is 0.333. The van der Waals surface area contributed by atoms with Crippen LogP contribution in [-0.2, 0) is 4.79 Å². The van der Waals surface area contributed by atoms with Crippen LogP contribution in [0.1, 0.15) is 30.6 Å². The Morgan fingerprint density at radius 2 is 2.09 bits per heavy atom. The average Bonchev–Trinajstić information content (AvgIpc) is 2.46. The highest BCUT2D eigenvalue weighted by Crippen LogP contribution is 2.06. The average molecular weight is 303 g/mol.